The second kappa shape index (κ2) is 5.57. The lowest BCUT2D eigenvalue weighted by atomic mass is 10.2. The molecule has 1 atom stereocenters. The molecular formula is C8H15NO3. The highest BCUT2D eigenvalue weighted by Gasteiger charge is 2.13. The number of carbonyl (C=O) groups is 2. The summed E-state index contributed by atoms with van der Waals surface area (Å²) in [6.45, 7) is 5.60. The van der Waals surface area contributed by atoms with Gasteiger partial charge in [0.15, 0.2) is 0 Å². The molecule has 0 rings (SSSR count). The summed E-state index contributed by atoms with van der Waals surface area (Å²) in [5.41, 5.74) is 0. The fourth-order valence-corrected chi connectivity index (χ4v) is 0.665. The number of rotatable bonds is 4. The third-order valence-electron chi connectivity index (χ3n) is 1.35. The van der Waals surface area contributed by atoms with Crippen molar-refractivity contribution >= 4 is 11.9 Å². The largest absolute Gasteiger partial charge is 0.466 e. The smallest absolute Gasteiger partial charge is 0.310 e. The summed E-state index contributed by atoms with van der Waals surface area (Å²) in [4.78, 5) is 21.4. The van der Waals surface area contributed by atoms with Crippen LogP contribution in [0.2, 0.25) is 0 Å². The Morgan fingerprint density at radius 1 is 1.50 bits per heavy atom. The minimum Gasteiger partial charge on any atom is -0.466 e. The monoisotopic (exact) mass is 173 g/mol. The van der Waals surface area contributed by atoms with Crippen molar-refractivity contribution in [1.29, 1.82) is 0 Å². The van der Waals surface area contributed by atoms with Crippen LogP contribution >= 0.6 is 0 Å². The molecule has 0 heterocycles. The lowest BCUT2D eigenvalue weighted by Gasteiger charge is -2.09. The van der Waals surface area contributed by atoms with E-state index < -0.39 is 0 Å². The molecule has 0 aliphatic rings. The van der Waals surface area contributed by atoms with Gasteiger partial charge in [0.2, 0.25) is 5.91 Å². The first-order valence-corrected chi connectivity index (χ1v) is 3.99. The average Bonchev–Trinajstić information content (AvgIpc) is 2.00. The maximum Gasteiger partial charge on any atom is 0.310 e. The standard InChI is InChI=1S/C8H15NO3/c1-4-12-8(11)6(2)5-9-7(3)10/h6H,4-5H2,1-3H3,(H,9,10). The summed E-state index contributed by atoms with van der Waals surface area (Å²) in [6, 6.07) is 0. The molecule has 0 fully saturated rings. The van der Waals surface area contributed by atoms with Crippen molar-refractivity contribution in [1.82, 2.24) is 5.32 Å². The molecule has 0 spiro atoms. The van der Waals surface area contributed by atoms with Crippen LogP contribution in [0, 0.1) is 5.92 Å². The van der Waals surface area contributed by atoms with E-state index in [1.807, 2.05) is 0 Å². The Morgan fingerprint density at radius 3 is 2.50 bits per heavy atom. The van der Waals surface area contributed by atoms with Crippen molar-refractivity contribution in [3.05, 3.63) is 0 Å². The molecule has 0 aromatic rings. The molecule has 1 N–H and O–H groups in total. The Kier molecular flexibility index (Phi) is 5.08. The van der Waals surface area contributed by atoms with Gasteiger partial charge in [-0.15, -0.1) is 0 Å². The normalized spacial score (nSPS) is 11.9. The van der Waals surface area contributed by atoms with E-state index in [1.165, 1.54) is 6.92 Å². The summed E-state index contributed by atoms with van der Waals surface area (Å²) >= 11 is 0. The number of hydrogen-bond acceptors (Lipinski definition) is 3. The molecule has 0 aromatic heterocycles. The van der Waals surface area contributed by atoms with Crippen LogP contribution in [0.4, 0.5) is 0 Å². The van der Waals surface area contributed by atoms with Crippen molar-refractivity contribution in [2.45, 2.75) is 20.8 Å². The zero-order valence-corrected chi connectivity index (χ0v) is 7.72. The lowest BCUT2D eigenvalue weighted by Crippen LogP contribution is -2.30. The fourth-order valence-electron chi connectivity index (χ4n) is 0.665. The summed E-state index contributed by atoms with van der Waals surface area (Å²) in [6.07, 6.45) is 0. The second-order valence-electron chi connectivity index (χ2n) is 2.59. The lowest BCUT2D eigenvalue weighted by molar-refractivity contribution is -0.147. The number of esters is 1. The summed E-state index contributed by atoms with van der Waals surface area (Å²) < 4.78 is 4.75. The van der Waals surface area contributed by atoms with Crippen molar-refractivity contribution in [3.8, 4) is 0 Å². The van der Waals surface area contributed by atoms with Crippen molar-refractivity contribution in [2.24, 2.45) is 5.92 Å². The highest BCUT2D eigenvalue weighted by atomic mass is 16.5. The van der Waals surface area contributed by atoms with Crippen LogP contribution in [0.25, 0.3) is 0 Å². The molecule has 0 aliphatic heterocycles. The van der Waals surface area contributed by atoms with E-state index in [2.05, 4.69) is 5.32 Å². The van der Waals surface area contributed by atoms with Gasteiger partial charge in [0, 0.05) is 13.5 Å². The van der Waals surface area contributed by atoms with Crippen LogP contribution in [-0.4, -0.2) is 25.0 Å². The molecule has 0 bridgehead atoms. The Labute approximate surface area is 72.3 Å². The molecule has 0 saturated heterocycles. The van der Waals surface area contributed by atoms with Gasteiger partial charge < -0.3 is 10.1 Å². The van der Waals surface area contributed by atoms with Gasteiger partial charge in [-0.25, -0.2) is 0 Å². The number of nitrogens with one attached hydrogen (secondary N) is 1. The van der Waals surface area contributed by atoms with E-state index >= 15 is 0 Å². The molecule has 1 unspecified atom stereocenters. The molecule has 4 nitrogen and oxygen atoms in total. The molecule has 70 valence electrons. The van der Waals surface area contributed by atoms with E-state index in [1.54, 1.807) is 13.8 Å². The van der Waals surface area contributed by atoms with Gasteiger partial charge in [0.25, 0.3) is 0 Å². The average molecular weight is 173 g/mol. The van der Waals surface area contributed by atoms with Crippen molar-refractivity contribution in [2.75, 3.05) is 13.2 Å². The van der Waals surface area contributed by atoms with E-state index in [9.17, 15) is 9.59 Å². The summed E-state index contributed by atoms with van der Waals surface area (Å²) in [5, 5.41) is 2.54. The molecule has 1 amide bonds. The minimum absolute atomic E-state index is 0.133. The third kappa shape index (κ3) is 4.71. The number of carbonyl (C=O) groups excluding carboxylic acids is 2. The fraction of sp³-hybridized carbons (Fsp3) is 0.750. The first kappa shape index (κ1) is 10.9. The Morgan fingerprint density at radius 2 is 2.08 bits per heavy atom. The highest BCUT2D eigenvalue weighted by molar-refractivity contribution is 5.75. The van der Waals surface area contributed by atoms with Crippen molar-refractivity contribution in [3.63, 3.8) is 0 Å². The zero-order valence-electron chi connectivity index (χ0n) is 7.72. The van der Waals surface area contributed by atoms with Crippen LogP contribution in [0.3, 0.4) is 0 Å². The van der Waals surface area contributed by atoms with Crippen LogP contribution in [0.15, 0.2) is 0 Å². The van der Waals surface area contributed by atoms with Gasteiger partial charge >= 0.3 is 5.97 Å². The van der Waals surface area contributed by atoms with Crippen LogP contribution in [-0.2, 0) is 14.3 Å². The van der Waals surface area contributed by atoms with E-state index in [-0.39, 0.29) is 17.8 Å². The molecule has 0 radical (unpaired) electrons. The van der Waals surface area contributed by atoms with Gasteiger partial charge in [-0.2, -0.15) is 0 Å². The third-order valence-corrected chi connectivity index (χ3v) is 1.35. The van der Waals surface area contributed by atoms with Gasteiger partial charge in [-0.1, -0.05) is 6.92 Å². The van der Waals surface area contributed by atoms with Crippen LogP contribution in [0.5, 0.6) is 0 Å². The highest BCUT2D eigenvalue weighted by Crippen LogP contribution is 1.95. The predicted octanol–water partition coefficient (Wildman–Crippen LogP) is 0.322. The summed E-state index contributed by atoms with van der Waals surface area (Å²) in [7, 11) is 0. The van der Waals surface area contributed by atoms with E-state index in [4.69, 9.17) is 4.74 Å². The van der Waals surface area contributed by atoms with Crippen LogP contribution in [0.1, 0.15) is 20.8 Å². The molecule has 0 saturated carbocycles. The molecule has 0 aromatic carbocycles. The maximum absolute atomic E-state index is 11.0. The number of ether oxygens (including phenoxy) is 1. The van der Waals surface area contributed by atoms with Gasteiger partial charge in [-0.3, -0.25) is 9.59 Å². The quantitative estimate of drug-likeness (QED) is 0.623. The number of amides is 1. The molecular weight excluding hydrogens is 158 g/mol. The van der Waals surface area contributed by atoms with Gasteiger partial charge in [0.1, 0.15) is 0 Å². The Hall–Kier alpha value is -1.06. The molecule has 12 heavy (non-hydrogen) atoms. The topological polar surface area (TPSA) is 55.4 Å². The first-order chi connectivity index (χ1) is 5.57. The Bertz CT molecular complexity index is 168. The predicted molar refractivity (Wildman–Crippen MR) is 44.5 cm³/mol. The summed E-state index contributed by atoms with van der Waals surface area (Å²) in [5.74, 6) is -0.675. The van der Waals surface area contributed by atoms with Crippen molar-refractivity contribution < 1.29 is 14.3 Å². The molecule has 4 heteroatoms. The van der Waals surface area contributed by atoms with E-state index in [0.717, 1.165) is 0 Å². The maximum atomic E-state index is 11.0. The van der Waals surface area contributed by atoms with E-state index in [0.29, 0.717) is 13.2 Å². The Balaban J connectivity index is 3.63. The van der Waals surface area contributed by atoms with Crippen LogP contribution < -0.4 is 5.32 Å². The van der Waals surface area contributed by atoms with Gasteiger partial charge in [-0.05, 0) is 6.92 Å². The van der Waals surface area contributed by atoms with Gasteiger partial charge in [0.05, 0.1) is 12.5 Å². The zero-order chi connectivity index (χ0) is 9.56. The second-order valence-corrected chi connectivity index (χ2v) is 2.59. The minimum atomic E-state index is -0.272. The number of hydrogen-bond donors (Lipinski definition) is 1. The molecule has 0 aliphatic carbocycles. The first-order valence-electron chi connectivity index (χ1n) is 3.99. The SMILES string of the molecule is CCOC(=O)C(C)CNC(C)=O.